The minimum absolute atomic E-state index is 0.280. The second kappa shape index (κ2) is 13.3. The van der Waals surface area contributed by atoms with Crippen molar-refractivity contribution in [1.82, 2.24) is 24.1 Å². The van der Waals surface area contributed by atoms with Gasteiger partial charge in [0.2, 0.25) is 0 Å². The van der Waals surface area contributed by atoms with Crippen molar-refractivity contribution in [2.24, 2.45) is 0 Å². The number of halogens is 1. The predicted octanol–water partition coefficient (Wildman–Crippen LogP) is 12.9. The van der Waals surface area contributed by atoms with E-state index in [1.54, 1.807) is 6.07 Å². The van der Waals surface area contributed by atoms with E-state index < -0.39 is 0 Å². The van der Waals surface area contributed by atoms with Gasteiger partial charge in [-0.3, -0.25) is 0 Å². The van der Waals surface area contributed by atoms with Crippen molar-refractivity contribution in [1.29, 1.82) is 0 Å². The van der Waals surface area contributed by atoms with Crippen LogP contribution in [0.15, 0.2) is 194 Å². The Kier molecular flexibility index (Phi) is 7.60. The van der Waals surface area contributed by atoms with Crippen molar-refractivity contribution in [3.63, 3.8) is 0 Å². The Balaban J connectivity index is 1.10. The number of hydrogen-bond donors (Lipinski definition) is 0. The van der Waals surface area contributed by atoms with E-state index in [4.69, 9.17) is 15.0 Å². The topological polar surface area (TPSA) is 48.5 Å². The molecule has 0 amide bonds. The van der Waals surface area contributed by atoms with Crippen LogP contribution in [0.5, 0.6) is 0 Å². The van der Waals surface area contributed by atoms with Crippen LogP contribution < -0.4 is 0 Å². The van der Waals surface area contributed by atoms with E-state index in [0.717, 1.165) is 77.1 Å². The number of aromatic nitrogens is 5. The second-order valence-electron chi connectivity index (χ2n) is 14.2. The second-order valence-corrected chi connectivity index (χ2v) is 14.2. The normalized spacial score (nSPS) is 11.6. The summed E-state index contributed by atoms with van der Waals surface area (Å²) in [5.74, 6) is 1.56. The maximum Gasteiger partial charge on any atom is 0.164 e. The van der Waals surface area contributed by atoms with Crippen molar-refractivity contribution in [2.45, 2.75) is 0 Å². The van der Waals surface area contributed by atoms with Gasteiger partial charge in [0, 0.05) is 43.9 Å². The van der Waals surface area contributed by atoms with Gasteiger partial charge in [-0.05, 0) is 71.8 Å². The molecular weight excluding hydrogens is 702 g/mol. The molecule has 0 bridgehead atoms. The molecule has 3 aromatic heterocycles. The number of nitrogens with zero attached hydrogens (tertiary/aromatic N) is 5. The molecule has 0 saturated carbocycles. The van der Waals surface area contributed by atoms with Gasteiger partial charge in [0.15, 0.2) is 17.5 Å². The molecule has 0 radical (unpaired) electrons. The maximum absolute atomic E-state index is 16.1. The van der Waals surface area contributed by atoms with Gasteiger partial charge in [0.05, 0.1) is 27.8 Å². The molecule has 268 valence electrons. The SMILES string of the molecule is Fc1ccc(-c2ccccc2)cc1-n1c2ccccc2c2cc3c4ccccc4n(-c4ccc(-c5nc(-c6ccccc6)nc(-c6ccccc6)n5)cc4)c3cc21. The Morgan fingerprint density at radius 3 is 1.32 bits per heavy atom. The number of rotatable bonds is 6. The molecule has 0 aliphatic rings. The fourth-order valence-electron chi connectivity index (χ4n) is 8.16. The summed E-state index contributed by atoms with van der Waals surface area (Å²) < 4.78 is 20.5. The molecule has 0 aliphatic carbocycles. The lowest BCUT2D eigenvalue weighted by atomic mass is 10.0. The van der Waals surface area contributed by atoms with Crippen LogP contribution in [0.25, 0.3) is 100 Å². The lowest BCUT2D eigenvalue weighted by Crippen LogP contribution is -2.00. The summed E-state index contributed by atoms with van der Waals surface area (Å²) >= 11 is 0. The third kappa shape index (κ3) is 5.49. The molecule has 0 atom stereocenters. The Morgan fingerprint density at radius 1 is 0.316 bits per heavy atom. The first kappa shape index (κ1) is 32.7. The molecule has 11 rings (SSSR count). The summed E-state index contributed by atoms with van der Waals surface area (Å²) in [6.07, 6.45) is 0. The van der Waals surface area contributed by atoms with Crippen LogP contribution >= 0.6 is 0 Å². The lowest BCUT2D eigenvalue weighted by molar-refractivity contribution is 0.621. The first-order valence-corrected chi connectivity index (χ1v) is 19.0. The summed E-state index contributed by atoms with van der Waals surface area (Å²) in [5.41, 5.74) is 10.2. The number of fused-ring (bicyclic) bond motifs is 6. The zero-order chi connectivity index (χ0) is 37.9. The van der Waals surface area contributed by atoms with E-state index in [-0.39, 0.29) is 5.82 Å². The van der Waals surface area contributed by atoms with Gasteiger partial charge in [0.1, 0.15) is 5.82 Å². The zero-order valence-corrected chi connectivity index (χ0v) is 30.6. The van der Waals surface area contributed by atoms with Gasteiger partial charge >= 0.3 is 0 Å². The van der Waals surface area contributed by atoms with Gasteiger partial charge in [-0.15, -0.1) is 0 Å². The van der Waals surface area contributed by atoms with E-state index in [1.807, 2.05) is 97.1 Å². The highest BCUT2D eigenvalue weighted by molar-refractivity contribution is 6.19. The molecular formula is C51H32FN5. The van der Waals surface area contributed by atoms with Crippen LogP contribution in [-0.4, -0.2) is 24.1 Å². The van der Waals surface area contributed by atoms with Gasteiger partial charge in [-0.1, -0.05) is 133 Å². The summed E-state index contributed by atoms with van der Waals surface area (Å²) in [7, 11) is 0. The molecule has 0 saturated heterocycles. The zero-order valence-electron chi connectivity index (χ0n) is 30.6. The fourth-order valence-corrected chi connectivity index (χ4v) is 8.16. The van der Waals surface area contributed by atoms with Gasteiger partial charge < -0.3 is 9.13 Å². The van der Waals surface area contributed by atoms with Crippen LogP contribution in [0.2, 0.25) is 0 Å². The predicted molar refractivity (Wildman–Crippen MR) is 230 cm³/mol. The Bertz CT molecular complexity index is 3220. The first-order chi connectivity index (χ1) is 28.2. The maximum atomic E-state index is 16.1. The smallest absolute Gasteiger partial charge is 0.164 e. The molecule has 11 aromatic rings. The number of para-hydroxylation sites is 2. The Hall–Kier alpha value is -7.70. The minimum atomic E-state index is -0.280. The number of hydrogen-bond acceptors (Lipinski definition) is 3. The molecule has 0 unspecified atom stereocenters. The monoisotopic (exact) mass is 733 g/mol. The van der Waals surface area contributed by atoms with Crippen molar-refractivity contribution in [2.75, 3.05) is 0 Å². The average molecular weight is 734 g/mol. The summed E-state index contributed by atoms with van der Waals surface area (Å²) in [4.78, 5) is 14.8. The highest BCUT2D eigenvalue weighted by Crippen LogP contribution is 2.40. The van der Waals surface area contributed by atoms with E-state index in [1.165, 1.54) is 0 Å². The Labute approximate surface area is 327 Å². The largest absolute Gasteiger partial charge is 0.309 e. The molecule has 5 nitrogen and oxygen atoms in total. The molecule has 6 heteroatoms. The van der Waals surface area contributed by atoms with E-state index >= 15 is 4.39 Å². The molecule has 0 N–H and O–H groups in total. The van der Waals surface area contributed by atoms with Gasteiger partial charge in [-0.2, -0.15) is 0 Å². The van der Waals surface area contributed by atoms with Crippen molar-refractivity contribution in [3.05, 3.63) is 200 Å². The number of benzene rings is 8. The molecule has 57 heavy (non-hydrogen) atoms. The third-order valence-corrected chi connectivity index (χ3v) is 10.8. The molecule has 3 heterocycles. The summed E-state index contributed by atoms with van der Waals surface area (Å²) in [5, 5.41) is 4.41. The molecule has 0 aliphatic heterocycles. The Morgan fingerprint density at radius 2 is 0.754 bits per heavy atom. The van der Waals surface area contributed by atoms with E-state index in [9.17, 15) is 0 Å². The standard InChI is InChI=1S/C51H32FN5/c52-43-29-26-37(33-14-4-1-5-15-33)30-48(43)57-45-23-13-11-21-40(45)42-31-41-39-20-10-12-22-44(39)56(46(41)32-47(42)57)38-27-24-36(25-28-38)51-54-49(34-16-6-2-7-17-34)53-50(55-51)35-18-8-3-9-19-35/h1-32H. The molecule has 0 fully saturated rings. The summed E-state index contributed by atoms with van der Waals surface area (Å²) in [6, 6.07) is 65.2. The molecule has 8 aromatic carbocycles. The van der Waals surface area contributed by atoms with Crippen LogP contribution in [0.3, 0.4) is 0 Å². The third-order valence-electron chi connectivity index (χ3n) is 10.8. The van der Waals surface area contributed by atoms with E-state index in [2.05, 4.69) is 100 Å². The highest BCUT2D eigenvalue weighted by Gasteiger charge is 2.20. The summed E-state index contributed by atoms with van der Waals surface area (Å²) in [6.45, 7) is 0. The van der Waals surface area contributed by atoms with Crippen molar-refractivity contribution >= 4 is 43.6 Å². The molecule has 0 spiro atoms. The first-order valence-electron chi connectivity index (χ1n) is 19.0. The van der Waals surface area contributed by atoms with Gasteiger partial charge in [-0.25, -0.2) is 19.3 Å². The van der Waals surface area contributed by atoms with Crippen molar-refractivity contribution < 1.29 is 4.39 Å². The van der Waals surface area contributed by atoms with Crippen LogP contribution in [-0.2, 0) is 0 Å². The lowest BCUT2D eigenvalue weighted by Gasteiger charge is -2.13. The minimum Gasteiger partial charge on any atom is -0.309 e. The average Bonchev–Trinajstić information content (AvgIpc) is 3.78. The quantitative estimate of drug-likeness (QED) is 0.171. The highest BCUT2D eigenvalue weighted by atomic mass is 19.1. The van der Waals surface area contributed by atoms with Crippen LogP contribution in [0.4, 0.5) is 4.39 Å². The van der Waals surface area contributed by atoms with Crippen LogP contribution in [0, 0.1) is 5.82 Å². The van der Waals surface area contributed by atoms with E-state index in [0.29, 0.717) is 23.2 Å². The van der Waals surface area contributed by atoms with Gasteiger partial charge in [0.25, 0.3) is 0 Å². The fraction of sp³-hybridized carbons (Fsp3) is 0. The van der Waals surface area contributed by atoms with Crippen LogP contribution in [0.1, 0.15) is 0 Å². The van der Waals surface area contributed by atoms with Crippen molar-refractivity contribution in [3.8, 4) is 56.7 Å².